The van der Waals surface area contributed by atoms with Crippen LogP contribution in [0, 0.1) is 0 Å². The molecule has 0 fully saturated rings. The molecule has 0 unspecified atom stereocenters. The Morgan fingerprint density at radius 2 is 0.973 bits per heavy atom. The molecule has 37 heavy (non-hydrogen) atoms. The highest BCUT2D eigenvalue weighted by atomic mass is 32.1. The van der Waals surface area contributed by atoms with Crippen LogP contribution in [0.15, 0.2) is 11.4 Å². The molecule has 0 saturated carbocycles. The first-order chi connectivity index (χ1) is 17.5. The maximum absolute atomic E-state index is 2.59. The van der Waals surface area contributed by atoms with Gasteiger partial charge in [0, 0.05) is 4.70 Å². The fraction of sp³-hybridized carbons (Fsp3) is 0.588. The molecule has 1 heterocycles. The summed E-state index contributed by atoms with van der Waals surface area (Å²) in [5.41, 5.74) is 14.1. The molecule has 1 aliphatic rings. The molecule has 0 N–H and O–H groups in total. The first kappa shape index (κ1) is 28.8. The smallest absolute Gasteiger partial charge is 0.0798 e. The first-order valence-corrected chi connectivity index (χ1v) is 23.1. The summed E-state index contributed by atoms with van der Waals surface area (Å²) in [6.45, 7) is 25.1. The fourth-order valence-corrected chi connectivity index (χ4v) is 13.6. The van der Waals surface area contributed by atoms with E-state index in [0.29, 0.717) is 0 Å². The third kappa shape index (κ3) is 5.22. The number of benzene rings is 2. The zero-order valence-electron chi connectivity index (χ0n) is 25.6. The Morgan fingerprint density at radius 1 is 0.568 bits per heavy atom. The van der Waals surface area contributed by atoms with Crippen LogP contribution in [0.4, 0.5) is 0 Å². The van der Waals surface area contributed by atoms with Gasteiger partial charge in [0.05, 0.1) is 16.1 Å². The van der Waals surface area contributed by atoms with Crippen molar-refractivity contribution in [1.82, 2.24) is 0 Å². The molecule has 0 bridgehead atoms. The number of hydrogen-bond donors (Lipinski definition) is 0. The summed E-state index contributed by atoms with van der Waals surface area (Å²) in [6.07, 6.45) is 12.4. The van der Waals surface area contributed by atoms with Crippen molar-refractivity contribution in [2.75, 3.05) is 0 Å². The van der Waals surface area contributed by atoms with E-state index in [-0.39, 0.29) is 0 Å². The van der Waals surface area contributed by atoms with E-state index in [2.05, 4.69) is 78.4 Å². The van der Waals surface area contributed by atoms with Crippen LogP contribution in [-0.2, 0) is 38.5 Å². The van der Waals surface area contributed by atoms with Gasteiger partial charge in [-0.25, -0.2) is 0 Å². The van der Waals surface area contributed by atoms with Gasteiger partial charge in [0.2, 0.25) is 0 Å². The Balaban J connectivity index is 2.15. The molecule has 0 radical (unpaired) electrons. The van der Waals surface area contributed by atoms with Crippen molar-refractivity contribution in [2.45, 2.75) is 131 Å². The SMILES string of the molecule is CCCc1c(CCC)c(CCC)c2c(c1CCC)Cc1c(c([Si](C)(C)C)c3sccc3c1[Si](C)(C)C)C2. The molecule has 1 aromatic heterocycles. The lowest BCUT2D eigenvalue weighted by atomic mass is 9.74. The topological polar surface area (TPSA) is 0 Å². The summed E-state index contributed by atoms with van der Waals surface area (Å²) in [4.78, 5) is 0. The van der Waals surface area contributed by atoms with Gasteiger partial charge < -0.3 is 0 Å². The van der Waals surface area contributed by atoms with Gasteiger partial charge in [0.15, 0.2) is 0 Å². The van der Waals surface area contributed by atoms with Crippen molar-refractivity contribution >= 4 is 47.9 Å². The number of fused-ring (bicyclic) bond motifs is 3. The van der Waals surface area contributed by atoms with Crippen molar-refractivity contribution < 1.29 is 0 Å². The molecule has 0 spiro atoms. The molecule has 0 nitrogen and oxygen atoms in total. The first-order valence-electron chi connectivity index (χ1n) is 15.2. The Morgan fingerprint density at radius 3 is 1.38 bits per heavy atom. The lowest BCUT2D eigenvalue weighted by Crippen LogP contribution is -2.48. The third-order valence-corrected chi connectivity index (χ3v) is 13.8. The molecule has 3 heteroatoms. The highest BCUT2D eigenvalue weighted by molar-refractivity contribution is 7.20. The van der Waals surface area contributed by atoms with Gasteiger partial charge in [-0.15, -0.1) is 11.3 Å². The molecule has 0 atom stereocenters. The van der Waals surface area contributed by atoms with E-state index in [1.165, 1.54) is 64.2 Å². The van der Waals surface area contributed by atoms with Gasteiger partial charge in [0.25, 0.3) is 0 Å². The molecule has 3 aromatic rings. The lowest BCUT2D eigenvalue weighted by molar-refractivity contribution is 0.774. The van der Waals surface area contributed by atoms with Crippen LogP contribution < -0.4 is 10.4 Å². The maximum atomic E-state index is 2.59. The van der Waals surface area contributed by atoms with Crippen molar-refractivity contribution in [3.05, 3.63) is 56.0 Å². The van der Waals surface area contributed by atoms with E-state index < -0.39 is 16.1 Å². The van der Waals surface area contributed by atoms with Crippen LogP contribution in [0.5, 0.6) is 0 Å². The quantitative estimate of drug-likeness (QED) is 0.173. The molecular formula is C34H52SSi2. The van der Waals surface area contributed by atoms with Crippen LogP contribution in [0.2, 0.25) is 39.3 Å². The van der Waals surface area contributed by atoms with Gasteiger partial charge in [-0.05, 0) is 110 Å². The zero-order valence-corrected chi connectivity index (χ0v) is 28.5. The molecule has 0 amide bonds. The van der Waals surface area contributed by atoms with Crippen molar-refractivity contribution in [3.8, 4) is 0 Å². The van der Waals surface area contributed by atoms with E-state index in [1.54, 1.807) is 65.0 Å². The molecule has 0 aliphatic heterocycles. The average Bonchev–Trinajstić information content (AvgIpc) is 3.27. The second-order valence-corrected chi connectivity index (χ2v) is 24.5. The molecular weight excluding hydrogens is 497 g/mol. The molecule has 0 saturated heterocycles. The highest BCUT2D eigenvalue weighted by Crippen LogP contribution is 2.40. The summed E-state index contributed by atoms with van der Waals surface area (Å²) in [5, 5.41) is 7.57. The zero-order chi connectivity index (χ0) is 27.1. The van der Waals surface area contributed by atoms with E-state index >= 15 is 0 Å². The maximum Gasteiger partial charge on any atom is 0.0798 e. The van der Waals surface area contributed by atoms with Crippen LogP contribution >= 0.6 is 11.3 Å². The minimum absolute atomic E-state index is 1.18. The second kappa shape index (κ2) is 11.1. The number of rotatable bonds is 10. The Kier molecular flexibility index (Phi) is 8.68. The number of thiophene rings is 1. The molecule has 2 aromatic carbocycles. The van der Waals surface area contributed by atoms with Crippen molar-refractivity contribution in [3.63, 3.8) is 0 Å². The van der Waals surface area contributed by atoms with Crippen LogP contribution in [0.3, 0.4) is 0 Å². The summed E-state index contributed by atoms with van der Waals surface area (Å²) >= 11 is 2.03. The monoisotopic (exact) mass is 548 g/mol. The summed E-state index contributed by atoms with van der Waals surface area (Å²) in [5.74, 6) is 0. The normalized spacial score (nSPS) is 13.8. The van der Waals surface area contributed by atoms with E-state index in [1.807, 2.05) is 11.3 Å². The van der Waals surface area contributed by atoms with Gasteiger partial charge in [-0.1, -0.05) is 92.7 Å². The average molecular weight is 549 g/mol. The fourth-order valence-electron chi connectivity index (χ4n) is 7.42. The summed E-state index contributed by atoms with van der Waals surface area (Å²) in [6, 6.07) is 2.48. The predicted molar refractivity (Wildman–Crippen MR) is 176 cm³/mol. The standard InChI is InChI=1S/C34H52SSi2/c1-11-15-23-24(16-12-2)26(18-14-4)29-22-31-30(21-28(29)25(23)17-13-3)33(36(5,6)7)27-19-20-35-32(27)34(31)37(8,9)10/h19-20H,11-18,21-22H2,1-10H3. The molecule has 202 valence electrons. The third-order valence-electron chi connectivity index (χ3n) is 8.52. The van der Waals surface area contributed by atoms with Crippen molar-refractivity contribution in [1.29, 1.82) is 0 Å². The predicted octanol–water partition coefficient (Wildman–Crippen LogP) is 9.30. The lowest BCUT2D eigenvalue weighted by Gasteiger charge is -2.37. The largest absolute Gasteiger partial charge is 0.144 e. The van der Waals surface area contributed by atoms with E-state index in [0.717, 1.165) is 0 Å². The minimum atomic E-state index is -1.54. The molecule has 4 rings (SSSR count). The van der Waals surface area contributed by atoms with Crippen molar-refractivity contribution in [2.24, 2.45) is 0 Å². The Labute approximate surface area is 234 Å². The van der Waals surface area contributed by atoms with Gasteiger partial charge in [0.1, 0.15) is 0 Å². The van der Waals surface area contributed by atoms with Crippen LogP contribution in [0.25, 0.3) is 10.1 Å². The Hall–Kier alpha value is -1.17. The van der Waals surface area contributed by atoms with Crippen LogP contribution in [-0.4, -0.2) is 16.1 Å². The van der Waals surface area contributed by atoms with Gasteiger partial charge in [-0.3, -0.25) is 0 Å². The minimum Gasteiger partial charge on any atom is -0.144 e. The highest BCUT2D eigenvalue weighted by Gasteiger charge is 2.36. The Bertz CT molecular complexity index is 1180. The summed E-state index contributed by atoms with van der Waals surface area (Å²) < 4.78 is 1.64. The van der Waals surface area contributed by atoms with E-state index in [4.69, 9.17) is 0 Å². The van der Waals surface area contributed by atoms with E-state index in [9.17, 15) is 0 Å². The molecule has 1 aliphatic carbocycles. The van der Waals surface area contributed by atoms with Crippen LogP contribution in [0.1, 0.15) is 97.9 Å². The van der Waals surface area contributed by atoms with Gasteiger partial charge in [-0.2, -0.15) is 0 Å². The number of hydrogen-bond acceptors (Lipinski definition) is 1. The second-order valence-electron chi connectivity index (χ2n) is 13.6. The van der Waals surface area contributed by atoms with Gasteiger partial charge >= 0.3 is 0 Å². The summed E-state index contributed by atoms with van der Waals surface area (Å²) in [7, 11) is -3.07.